The van der Waals surface area contributed by atoms with E-state index in [-0.39, 0.29) is 11.9 Å². The van der Waals surface area contributed by atoms with Gasteiger partial charge in [0.05, 0.1) is 11.6 Å². The average Bonchev–Trinajstić information content (AvgIpc) is 2.84. The summed E-state index contributed by atoms with van der Waals surface area (Å²) in [5.74, 6) is 0.702. The van der Waals surface area contributed by atoms with Crippen molar-refractivity contribution in [2.75, 3.05) is 19.6 Å². The van der Waals surface area contributed by atoms with Crippen LogP contribution in [0.1, 0.15) is 58.8 Å². The molecule has 1 aliphatic carbocycles. The first kappa shape index (κ1) is 15.8. The summed E-state index contributed by atoms with van der Waals surface area (Å²) < 4.78 is 0. The van der Waals surface area contributed by atoms with Crippen molar-refractivity contribution in [3.05, 3.63) is 0 Å². The van der Waals surface area contributed by atoms with Gasteiger partial charge in [0, 0.05) is 13.1 Å². The molecule has 1 amide bonds. The number of aliphatic hydroxyl groups is 1. The van der Waals surface area contributed by atoms with Gasteiger partial charge in [-0.1, -0.05) is 33.1 Å². The molecule has 2 rings (SSSR count). The molecule has 0 aromatic rings. The second-order valence-corrected chi connectivity index (χ2v) is 7.05. The van der Waals surface area contributed by atoms with Crippen LogP contribution in [-0.2, 0) is 4.79 Å². The van der Waals surface area contributed by atoms with Crippen molar-refractivity contribution in [2.24, 2.45) is 5.92 Å². The number of hydrogen-bond acceptors (Lipinski definition) is 3. The van der Waals surface area contributed by atoms with Gasteiger partial charge in [0.1, 0.15) is 0 Å². The van der Waals surface area contributed by atoms with E-state index in [1.165, 1.54) is 6.42 Å². The molecule has 4 heteroatoms. The molecule has 0 spiro atoms. The molecule has 0 radical (unpaired) electrons. The summed E-state index contributed by atoms with van der Waals surface area (Å²) in [6.45, 7) is 6.83. The van der Waals surface area contributed by atoms with Gasteiger partial charge >= 0.3 is 0 Å². The fourth-order valence-corrected chi connectivity index (χ4v) is 3.57. The van der Waals surface area contributed by atoms with Gasteiger partial charge in [-0.3, -0.25) is 9.69 Å². The maximum atomic E-state index is 12.4. The lowest BCUT2D eigenvalue weighted by atomic mass is 9.85. The molecule has 1 saturated heterocycles. The van der Waals surface area contributed by atoms with E-state index in [9.17, 15) is 9.90 Å². The highest BCUT2D eigenvalue weighted by Gasteiger charge is 2.34. The second kappa shape index (κ2) is 6.90. The van der Waals surface area contributed by atoms with E-state index in [0.717, 1.165) is 51.6 Å². The standard InChI is InChI=1S/C16H30N2O2/c1-13(2)11-18-10-6-7-14(18)15(19)17-12-16(20)8-4-3-5-9-16/h13-14,20H,3-12H2,1-2H3,(H,17,19)/t14-/m1/s1. The lowest BCUT2D eigenvalue weighted by molar-refractivity contribution is -0.127. The van der Waals surface area contributed by atoms with E-state index in [1.807, 2.05) is 0 Å². The normalized spacial score (nSPS) is 26.9. The summed E-state index contributed by atoms with van der Waals surface area (Å²) in [6.07, 6.45) is 7.08. The van der Waals surface area contributed by atoms with E-state index in [0.29, 0.717) is 12.5 Å². The van der Waals surface area contributed by atoms with Crippen LogP contribution in [0.3, 0.4) is 0 Å². The van der Waals surface area contributed by atoms with Crippen molar-refractivity contribution in [3.8, 4) is 0 Å². The zero-order valence-electron chi connectivity index (χ0n) is 13.0. The highest BCUT2D eigenvalue weighted by atomic mass is 16.3. The SMILES string of the molecule is CC(C)CN1CCC[C@@H]1C(=O)NCC1(O)CCCCC1. The van der Waals surface area contributed by atoms with E-state index in [2.05, 4.69) is 24.1 Å². The maximum absolute atomic E-state index is 12.4. The molecule has 2 N–H and O–H groups in total. The van der Waals surface area contributed by atoms with Gasteiger partial charge in [-0.25, -0.2) is 0 Å². The summed E-state index contributed by atoms with van der Waals surface area (Å²) in [4.78, 5) is 14.7. The lowest BCUT2D eigenvalue weighted by Crippen LogP contribution is -2.50. The van der Waals surface area contributed by atoms with Gasteiger partial charge < -0.3 is 10.4 Å². The fourth-order valence-electron chi connectivity index (χ4n) is 3.57. The summed E-state index contributed by atoms with van der Waals surface area (Å²) in [6, 6.07) is 0.0181. The van der Waals surface area contributed by atoms with Crippen LogP contribution >= 0.6 is 0 Å². The Morgan fingerprint density at radius 1 is 1.30 bits per heavy atom. The van der Waals surface area contributed by atoms with E-state index >= 15 is 0 Å². The monoisotopic (exact) mass is 282 g/mol. The smallest absolute Gasteiger partial charge is 0.237 e. The summed E-state index contributed by atoms with van der Waals surface area (Å²) in [7, 11) is 0. The molecule has 1 atom stereocenters. The molecule has 0 unspecified atom stereocenters. The van der Waals surface area contributed by atoms with Gasteiger partial charge in [0.25, 0.3) is 0 Å². The Balaban J connectivity index is 1.81. The van der Waals surface area contributed by atoms with Crippen LogP contribution in [0.5, 0.6) is 0 Å². The van der Waals surface area contributed by atoms with E-state index < -0.39 is 5.60 Å². The minimum absolute atomic E-state index is 0.0181. The topological polar surface area (TPSA) is 52.6 Å². The molecular formula is C16H30N2O2. The fraction of sp³-hybridized carbons (Fsp3) is 0.938. The number of rotatable bonds is 5. The van der Waals surface area contributed by atoms with Crippen molar-refractivity contribution in [2.45, 2.75) is 70.4 Å². The molecule has 0 bridgehead atoms. The number of nitrogens with one attached hydrogen (secondary N) is 1. The van der Waals surface area contributed by atoms with Crippen LogP contribution in [0, 0.1) is 5.92 Å². The zero-order valence-corrected chi connectivity index (χ0v) is 13.0. The average molecular weight is 282 g/mol. The van der Waals surface area contributed by atoms with Crippen LogP contribution in [0.2, 0.25) is 0 Å². The summed E-state index contributed by atoms with van der Waals surface area (Å²) in [5.41, 5.74) is -0.657. The minimum Gasteiger partial charge on any atom is -0.388 e. The third-order valence-corrected chi connectivity index (χ3v) is 4.64. The minimum atomic E-state index is -0.657. The molecule has 1 heterocycles. The van der Waals surface area contributed by atoms with E-state index in [1.54, 1.807) is 0 Å². The van der Waals surface area contributed by atoms with Crippen LogP contribution < -0.4 is 5.32 Å². The Bertz CT molecular complexity index is 324. The van der Waals surface area contributed by atoms with Crippen molar-refractivity contribution in [1.82, 2.24) is 10.2 Å². The zero-order chi connectivity index (χ0) is 14.6. The predicted molar refractivity (Wildman–Crippen MR) is 80.5 cm³/mol. The Kier molecular flexibility index (Phi) is 5.44. The number of amides is 1. The van der Waals surface area contributed by atoms with Crippen molar-refractivity contribution in [3.63, 3.8) is 0 Å². The molecule has 20 heavy (non-hydrogen) atoms. The largest absolute Gasteiger partial charge is 0.388 e. The molecule has 2 aliphatic rings. The molecule has 1 aliphatic heterocycles. The van der Waals surface area contributed by atoms with Crippen molar-refractivity contribution in [1.29, 1.82) is 0 Å². The molecule has 1 saturated carbocycles. The molecule has 4 nitrogen and oxygen atoms in total. The highest BCUT2D eigenvalue weighted by Crippen LogP contribution is 2.27. The van der Waals surface area contributed by atoms with Gasteiger partial charge in [0.2, 0.25) is 5.91 Å². The Labute approximate surface area is 122 Å². The summed E-state index contributed by atoms with van der Waals surface area (Å²) in [5, 5.41) is 13.5. The van der Waals surface area contributed by atoms with Crippen LogP contribution in [0.15, 0.2) is 0 Å². The number of nitrogens with zero attached hydrogens (tertiary/aromatic N) is 1. The number of carbonyl (C=O) groups excluding carboxylic acids is 1. The van der Waals surface area contributed by atoms with E-state index in [4.69, 9.17) is 0 Å². The lowest BCUT2D eigenvalue weighted by Gasteiger charge is -2.33. The van der Waals surface area contributed by atoms with Gasteiger partial charge in [-0.2, -0.15) is 0 Å². The molecule has 2 fully saturated rings. The van der Waals surface area contributed by atoms with Crippen LogP contribution in [0.4, 0.5) is 0 Å². The highest BCUT2D eigenvalue weighted by molar-refractivity contribution is 5.82. The first-order valence-electron chi connectivity index (χ1n) is 8.24. The third kappa shape index (κ3) is 4.19. The van der Waals surface area contributed by atoms with Crippen LogP contribution in [0.25, 0.3) is 0 Å². The quantitative estimate of drug-likeness (QED) is 0.810. The summed E-state index contributed by atoms with van der Waals surface area (Å²) >= 11 is 0. The number of carbonyl (C=O) groups is 1. The van der Waals surface area contributed by atoms with Gasteiger partial charge in [-0.15, -0.1) is 0 Å². The molecule has 0 aromatic carbocycles. The Morgan fingerprint density at radius 2 is 2.00 bits per heavy atom. The van der Waals surface area contributed by atoms with Crippen molar-refractivity contribution >= 4 is 5.91 Å². The number of likely N-dealkylation sites (tertiary alicyclic amines) is 1. The van der Waals surface area contributed by atoms with Gasteiger partial charge in [0.15, 0.2) is 0 Å². The van der Waals surface area contributed by atoms with Crippen molar-refractivity contribution < 1.29 is 9.90 Å². The maximum Gasteiger partial charge on any atom is 0.237 e. The Hall–Kier alpha value is -0.610. The molecule has 116 valence electrons. The molecular weight excluding hydrogens is 252 g/mol. The second-order valence-electron chi connectivity index (χ2n) is 7.05. The predicted octanol–water partition coefficient (Wildman–Crippen LogP) is 1.92. The van der Waals surface area contributed by atoms with Crippen LogP contribution in [-0.4, -0.2) is 47.2 Å². The first-order valence-corrected chi connectivity index (χ1v) is 8.24. The third-order valence-electron chi connectivity index (χ3n) is 4.64. The number of hydrogen-bond donors (Lipinski definition) is 2. The van der Waals surface area contributed by atoms with Gasteiger partial charge in [-0.05, 0) is 38.1 Å². The first-order chi connectivity index (χ1) is 9.50. The molecule has 0 aromatic heterocycles. The Morgan fingerprint density at radius 3 is 2.65 bits per heavy atom.